The Morgan fingerprint density at radius 2 is 0.803 bits per heavy atom. The summed E-state index contributed by atoms with van der Waals surface area (Å²) in [6, 6.07) is 62.2. The summed E-state index contributed by atoms with van der Waals surface area (Å²) < 4.78 is 21.5. The number of hydrogen-bond donors (Lipinski definition) is 0. The summed E-state index contributed by atoms with van der Waals surface area (Å²) in [4.78, 5) is 4.73. The molecule has 3 heterocycles. The van der Waals surface area contributed by atoms with E-state index in [2.05, 4.69) is 194 Å². The molecule has 5 heteroatoms. The van der Waals surface area contributed by atoms with Crippen molar-refractivity contribution in [2.75, 3.05) is 9.80 Å². The lowest BCUT2D eigenvalue weighted by Crippen LogP contribution is -2.11. The van der Waals surface area contributed by atoms with Crippen molar-refractivity contribution in [1.82, 2.24) is 0 Å². The fourth-order valence-electron chi connectivity index (χ4n) is 12.6. The quantitative estimate of drug-likeness (QED) is 0.152. The largest absolute Gasteiger partial charge is 0.456 e. The van der Waals surface area contributed by atoms with Crippen LogP contribution < -0.4 is 9.80 Å². The highest BCUT2D eigenvalue weighted by atomic mass is 16.3. The molecule has 5 nitrogen and oxygen atoms in total. The highest BCUT2D eigenvalue weighted by Gasteiger charge is 2.28. The number of rotatable bonds is 8. The molecule has 2 fully saturated rings. The van der Waals surface area contributed by atoms with E-state index in [1.54, 1.807) is 0 Å². The molecule has 14 rings (SSSR count). The topological polar surface area (TPSA) is 45.9 Å². The first kappa shape index (κ1) is 42.1. The third kappa shape index (κ3) is 6.95. The molecular weight excluding hydrogens is 869 g/mol. The van der Waals surface area contributed by atoms with Gasteiger partial charge in [0, 0.05) is 61.2 Å². The van der Waals surface area contributed by atoms with E-state index in [1.165, 1.54) is 97.2 Å². The van der Waals surface area contributed by atoms with Crippen LogP contribution in [0.2, 0.25) is 0 Å². The van der Waals surface area contributed by atoms with Gasteiger partial charge in [0.1, 0.15) is 22.3 Å². The summed E-state index contributed by atoms with van der Waals surface area (Å²) in [5.41, 5.74) is 16.7. The van der Waals surface area contributed by atoms with E-state index in [4.69, 9.17) is 13.3 Å². The van der Waals surface area contributed by atoms with Crippen molar-refractivity contribution in [3.8, 4) is 0 Å². The number of fused-ring (bicyclic) bond motifs is 11. The van der Waals surface area contributed by atoms with Crippen molar-refractivity contribution >= 4 is 111 Å². The minimum Gasteiger partial charge on any atom is -0.456 e. The molecule has 2 aliphatic carbocycles. The molecule has 71 heavy (non-hydrogen) atoms. The van der Waals surface area contributed by atoms with Gasteiger partial charge >= 0.3 is 0 Å². The van der Waals surface area contributed by atoms with Gasteiger partial charge in [0.05, 0.1) is 22.7 Å². The van der Waals surface area contributed by atoms with Gasteiger partial charge in [0.2, 0.25) is 0 Å². The van der Waals surface area contributed by atoms with Gasteiger partial charge in [-0.25, -0.2) is 0 Å². The molecule has 0 radical (unpaired) electrons. The lowest BCUT2D eigenvalue weighted by Gasteiger charge is -2.27. The minimum absolute atomic E-state index is 0.520. The first-order valence-corrected chi connectivity index (χ1v) is 26.0. The fourth-order valence-corrected chi connectivity index (χ4v) is 12.6. The standard InChI is InChI=1S/C66H56N2O3/c1-41-29-33-45(34-30-41)67(57-27-13-25-54-52-23-11-21-48(63(52)70-65(54)57)43-15-5-3-6-16-43)47-37-38-56-60(39-47)69-61-40-59(50-19-9-10-20-51(50)62(56)61)68(46-35-31-42(2)32-36-46)58-28-14-26-55-53-24-12-22-49(64(53)71-66(55)58)44-17-7-4-8-18-44/h9-14,19-40,43-44H,3-8,15-18H2,1-2H3. The Labute approximate surface area is 413 Å². The maximum Gasteiger partial charge on any atom is 0.159 e. The molecule has 3 aromatic heterocycles. The Kier molecular flexibility index (Phi) is 10.1. The summed E-state index contributed by atoms with van der Waals surface area (Å²) in [6.07, 6.45) is 12.6. The molecule has 12 aromatic rings. The van der Waals surface area contributed by atoms with Gasteiger partial charge in [0.25, 0.3) is 0 Å². The third-order valence-corrected chi connectivity index (χ3v) is 16.2. The summed E-state index contributed by atoms with van der Waals surface area (Å²) in [5, 5.41) is 9.08. The number of aryl methyl sites for hydroxylation is 2. The van der Waals surface area contributed by atoms with Crippen LogP contribution in [0.3, 0.4) is 0 Å². The van der Waals surface area contributed by atoms with Crippen LogP contribution in [0.4, 0.5) is 34.1 Å². The van der Waals surface area contributed by atoms with Crippen molar-refractivity contribution in [3.05, 3.63) is 192 Å². The molecule has 0 bridgehead atoms. The Morgan fingerprint density at radius 3 is 1.37 bits per heavy atom. The van der Waals surface area contributed by atoms with Crippen LogP contribution in [0.1, 0.15) is 98.3 Å². The van der Waals surface area contributed by atoms with Gasteiger partial charge in [-0.1, -0.05) is 159 Å². The maximum absolute atomic E-state index is 7.18. The second kappa shape index (κ2) is 17.0. The summed E-state index contributed by atoms with van der Waals surface area (Å²) in [7, 11) is 0. The van der Waals surface area contributed by atoms with Crippen LogP contribution in [0.25, 0.3) is 76.6 Å². The Balaban J connectivity index is 0.956. The SMILES string of the molecule is Cc1ccc(N(c2ccc3c(c2)oc2cc(N(c4ccc(C)cc4)c4cccc5c4oc4c(C6CCCCC6)cccc45)c4ccccc4c23)c2cccc3c2oc2c(C4CCCCC4)cccc23)cc1. The highest BCUT2D eigenvalue weighted by molar-refractivity contribution is 6.23. The third-order valence-electron chi connectivity index (χ3n) is 16.2. The highest BCUT2D eigenvalue weighted by Crippen LogP contribution is 2.51. The second-order valence-corrected chi connectivity index (χ2v) is 20.6. The molecule has 0 atom stereocenters. The molecule has 0 unspecified atom stereocenters. The van der Waals surface area contributed by atoms with E-state index in [1.807, 2.05) is 0 Å². The summed E-state index contributed by atoms with van der Waals surface area (Å²) >= 11 is 0. The van der Waals surface area contributed by atoms with Gasteiger partial charge in [-0.15, -0.1) is 0 Å². The molecule has 0 aliphatic heterocycles. The van der Waals surface area contributed by atoms with E-state index in [0.29, 0.717) is 11.8 Å². The monoisotopic (exact) mass is 924 g/mol. The molecule has 9 aromatic carbocycles. The van der Waals surface area contributed by atoms with Gasteiger partial charge in [-0.05, 0) is 116 Å². The predicted molar refractivity (Wildman–Crippen MR) is 296 cm³/mol. The van der Waals surface area contributed by atoms with Gasteiger partial charge in [-0.3, -0.25) is 0 Å². The van der Waals surface area contributed by atoms with Crippen molar-refractivity contribution in [1.29, 1.82) is 0 Å². The van der Waals surface area contributed by atoms with Crippen LogP contribution in [0.15, 0.2) is 183 Å². The lowest BCUT2D eigenvalue weighted by atomic mass is 9.83. The van der Waals surface area contributed by atoms with E-state index < -0.39 is 0 Å². The fraction of sp³-hybridized carbons (Fsp3) is 0.212. The Hall–Kier alpha value is -7.76. The molecule has 0 spiro atoms. The number of anilines is 6. The normalized spacial score (nSPS) is 15.1. The van der Waals surface area contributed by atoms with E-state index >= 15 is 0 Å². The molecule has 2 aliphatic rings. The molecule has 0 saturated heterocycles. The number of nitrogens with zero attached hydrogens (tertiary/aromatic N) is 2. The van der Waals surface area contributed by atoms with Gasteiger partial charge in [0.15, 0.2) is 11.2 Å². The van der Waals surface area contributed by atoms with Crippen LogP contribution in [-0.2, 0) is 0 Å². The maximum atomic E-state index is 7.18. The van der Waals surface area contributed by atoms with Crippen molar-refractivity contribution in [3.63, 3.8) is 0 Å². The predicted octanol–water partition coefficient (Wildman–Crippen LogP) is 20.2. The average molecular weight is 925 g/mol. The van der Waals surface area contributed by atoms with Crippen LogP contribution in [0.5, 0.6) is 0 Å². The first-order valence-electron chi connectivity index (χ1n) is 26.0. The zero-order valence-electron chi connectivity index (χ0n) is 40.5. The summed E-state index contributed by atoms with van der Waals surface area (Å²) in [5.74, 6) is 1.05. The molecule has 0 amide bonds. The van der Waals surface area contributed by atoms with Gasteiger partial charge < -0.3 is 23.1 Å². The number of hydrogen-bond acceptors (Lipinski definition) is 5. The summed E-state index contributed by atoms with van der Waals surface area (Å²) in [6.45, 7) is 4.29. The molecule has 0 N–H and O–H groups in total. The van der Waals surface area contributed by atoms with E-state index in [-0.39, 0.29) is 0 Å². The zero-order valence-corrected chi connectivity index (χ0v) is 40.5. The van der Waals surface area contributed by atoms with Gasteiger partial charge in [-0.2, -0.15) is 0 Å². The lowest BCUT2D eigenvalue weighted by molar-refractivity contribution is 0.442. The average Bonchev–Trinajstić information content (AvgIpc) is 4.12. The second-order valence-electron chi connectivity index (χ2n) is 20.6. The Morgan fingerprint density at radius 1 is 0.338 bits per heavy atom. The molecule has 2 saturated carbocycles. The smallest absolute Gasteiger partial charge is 0.159 e. The van der Waals surface area contributed by atoms with Crippen molar-refractivity contribution < 1.29 is 13.3 Å². The minimum atomic E-state index is 0.520. The van der Waals surface area contributed by atoms with Crippen LogP contribution in [0, 0.1) is 13.8 Å². The molecular formula is C66H56N2O3. The Bertz CT molecular complexity index is 3990. The number of para-hydroxylation sites is 4. The van der Waals surface area contributed by atoms with E-state index in [9.17, 15) is 0 Å². The number of furan rings is 3. The van der Waals surface area contributed by atoms with Crippen LogP contribution >= 0.6 is 0 Å². The first-order chi connectivity index (χ1) is 35.0. The van der Waals surface area contributed by atoms with Crippen LogP contribution in [-0.4, -0.2) is 0 Å². The van der Waals surface area contributed by atoms with Crippen molar-refractivity contribution in [2.24, 2.45) is 0 Å². The van der Waals surface area contributed by atoms with Crippen molar-refractivity contribution in [2.45, 2.75) is 89.9 Å². The number of benzene rings is 9. The van der Waals surface area contributed by atoms with E-state index in [0.717, 1.165) is 99.9 Å². The zero-order chi connectivity index (χ0) is 47.2. The molecule has 348 valence electrons.